The summed E-state index contributed by atoms with van der Waals surface area (Å²) in [5.74, 6) is 0.606. The molecule has 1 fully saturated rings. The first-order valence-electron chi connectivity index (χ1n) is 8.55. The highest BCUT2D eigenvalue weighted by Crippen LogP contribution is 2.26. The summed E-state index contributed by atoms with van der Waals surface area (Å²) in [5, 5.41) is 10.6. The number of rotatable bonds is 4. The van der Waals surface area contributed by atoms with Crippen LogP contribution in [0.1, 0.15) is 32.1 Å². The van der Waals surface area contributed by atoms with Gasteiger partial charge in [0.15, 0.2) is 17.3 Å². The minimum Gasteiger partial charge on any atom is -0.379 e. The number of nitrogens with zero attached hydrogens (tertiary/aromatic N) is 4. The van der Waals surface area contributed by atoms with E-state index >= 15 is 0 Å². The van der Waals surface area contributed by atoms with Crippen molar-refractivity contribution in [1.82, 2.24) is 25.2 Å². The monoisotopic (exact) mass is 340 g/mol. The molecule has 130 valence electrons. The van der Waals surface area contributed by atoms with Crippen molar-refractivity contribution >= 4 is 22.8 Å². The molecule has 4 rings (SSSR count). The number of benzene rings is 1. The van der Waals surface area contributed by atoms with Crippen molar-refractivity contribution in [2.75, 3.05) is 5.73 Å². The SMILES string of the molecule is Nc1nonc1-c1nc2ccccc2n1CC(=O)NC1CCCCC1. The number of nitrogen functional groups attached to an aromatic ring is 1. The van der Waals surface area contributed by atoms with Crippen LogP contribution in [-0.4, -0.2) is 31.8 Å². The third-order valence-corrected chi connectivity index (χ3v) is 4.65. The number of hydrogen-bond donors (Lipinski definition) is 2. The van der Waals surface area contributed by atoms with Gasteiger partial charge in [0, 0.05) is 6.04 Å². The molecule has 2 heterocycles. The van der Waals surface area contributed by atoms with E-state index in [4.69, 9.17) is 10.4 Å². The molecule has 1 aromatic carbocycles. The molecular weight excluding hydrogens is 320 g/mol. The maximum Gasteiger partial charge on any atom is 0.240 e. The maximum absolute atomic E-state index is 12.6. The third kappa shape index (κ3) is 3.07. The van der Waals surface area contributed by atoms with E-state index in [9.17, 15) is 4.79 Å². The van der Waals surface area contributed by atoms with Crippen LogP contribution >= 0.6 is 0 Å². The summed E-state index contributed by atoms with van der Waals surface area (Å²) in [5.41, 5.74) is 7.79. The number of amides is 1. The zero-order valence-electron chi connectivity index (χ0n) is 13.8. The number of anilines is 1. The fourth-order valence-electron chi connectivity index (χ4n) is 3.43. The Morgan fingerprint density at radius 1 is 1.24 bits per heavy atom. The first-order chi connectivity index (χ1) is 12.2. The first kappa shape index (κ1) is 15.6. The molecule has 0 atom stereocenters. The Balaban J connectivity index is 1.65. The van der Waals surface area contributed by atoms with Crippen molar-refractivity contribution in [1.29, 1.82) is 0 Å². The van der Waals surface area contributed by atoms with E-state index < -0.39 is 0 Å². The van der Waals surface area contributed by atoms with Crippen molar-refractivity contribution in [2.24, 2.45) is 0 Å². The molecular formula is C17H20N6O2. The van der Waals surface area contributed by atoms with E-state index in [0.29, 0.717) is 11.5 Å². The quantitative estimate of drug-likeness (QED) is 0.752. The number of hydrogen-bond acceptors (Lipinski definition) is 6. The molecule has 0 radical (unpaired) electrons. The zero-order valence-corrected chi connectivity index (χ0v) is 13.8. The van der Waals surface area contributed by atoms with Gasteiger partial charge in [-0.25, -0.2) is 9.61 Å². The van der Waals surface area contributed by atoms with Crippen LogP contribution in [0.25, 0.3) is 22.6 Å². The van der Waals surface area contributed by atoms with Crippen molar-refractivity contribution < 1.29 is 9.42 Å². The van der Waals surface area contributed by atoms with Gasteiger partial charge in [-0.15, -0.1) is 0 Å². The van der Waals surface area contributed by atoms with Crippen LogP contribution in [0.5, 0.6) is 0 Å². The van der Waals surface area contributed by atoms with Gasteiger partial charge in [0.05, 0.1) is 11.0 Å². The molecule has 1 aliphatic rings. The predicted octanol–water partition coefficient (Wildman–Crippen LogP) is 2.12. The van der Waals surface area contributed by atoms with E-state index in [1.165, 1.54) is 19.3 Å². The van der Waals surface area contributed by atoms with Gasteiger partial charge in [0.1, 0.15) is 6.54 Å². The summed E-state index contributed by atoms with van der Waals surface area (Å²) in [7, 11) is 0. The Morgan fingerprint density at radius 2 is 2.04 bits per heavy atom. The van der Waals surface area contributed by atoms with E-state index in [2.05, 4.69) is 20.6 Å². The van der Waals surface area contributed by atoms with Crippen molar-refractivity contribution in [3.8, 4) is 11.5 Å². The minimum absolute atomic E-state index is 0.0358. The van der Waals surface area contributed by atoms with Gasteiger partial charge in [-0.3, -0.25) is 4.79 Å². The average molecular weight is 340 g/mol. The molecule has 1 amide bonds. The summed E-state index contributed by atoms with van der Waals surface area (Å²) in [4.78, 5) is 17.1. The van der Waals surface area contributed by atoms with Crippen LogP contribution in [0.15, 0.2) is 28.9 Å². The maximum atomic E-state index is 12.6. The fraction of sp³-hybridized carbons (Fsp3) is 0.412. The van der Waals surface area contributed by atoms with Crippen molar-refractivity contribution in [2.45, 2.75) is 44.7 Å². The summed E-state index contributed by atoms with van der Waals surface area (Å²) in [6, 6.07) is 7.88. The molecule has 8 nitrogen and oxygen atoms in total. The van der Waals surface area contributed by atoms with Crippen molar-refractivity contribution in [3.63, 3.8) is 0 Å². The predicted molar refractivity (Wildman–Crippen MR) is 92.5 cm³/mol. The highest BCUT2D eigenvalue weighted by atomic mass is 16.6. The number of nitrogens with two attached hydrogens (primary N) is 1. The largest absolute Gasteiger partial charge is 0.379 e. The second-order valence-electron chi connectivity index (χ2n) is 6.41. The lowest BCUT2D eigenvalue weighted by molar-refractivity contribution is -0.122. The molecule has 25 heavy (non-hydrogen) atoms. The van der Waals surface area contributed by atoms with Crippen LogP contribution in [-0.2, 0) is 11.3 Å². The van der Waals surface area contributed by atoms with E-state index in [1.54, 1.807) is 0 Å². The molecule has 1 aliphatic carbocycles. The minimum atomic E-state index is -0.0358. The van der Waals surface area contributed by atoms with Gasteiger partial charge in [0.2, 0.25) is 5.91 Å². The van der Waals surface area contributed by atoms with Crippen LogP contribution in [0.4, 0.5) is 5.82 Å². The van der Waals surface area contributed by atoms with Crippen LogP contribution < -0.4 is 11.1 Å². The van der Waals surface area contributed by atoms with E-state index in [0.717, 1.165) is 23.9 Å². The molecule has 0 saturated heterocycles. The lowest BCUT2D eigenvalue weighted by Gasteiger charge is -2.23. The van der Waals surface area contributed by atoms with Gasteiger partial charge < -0.3 is 15.6 Å². The lowest BCUT2D eigenvalue weighted by Crippen LogP contribution is -2.38. The normalized spacial score (nSPS) is 15.5. The topological polar surface area (TPSA) is 112 Å². The van der Waals surface area contributed by atoms with Crippen molar-refractivity contribution in [3.05, 3.63) is 24.3 Å². The van der Waals surface area contributed by atoms with Gasteiger partial charge in [-0.1, -0.05) is 31.4 Å². The van der Waals surface area contributed by atoms with E-state index in [-0.39, 0.29) is 24.3 Å². The Kier molecular flexibility index (Phi) is 4.09. The number of fused-ring (bicyclic) bond motifs is 1. The average Bonchev–Trinajstić information content (AvgIpc) is 3.19. The van der Waals surface area contributed by atoms with E-state index in [1.807, 2.05) is 28.8 Å². The Bertz CT molecular complexity index is 894. The first-order valence-corrected chi connectivity index (χ1v) is 8.55. The molecule has 8 heteroatoms. The van der Waals surface area contributed by atoms with Gasteiger partial charge in [-0.2, -0.15) is 0 Å². The zero-order chi connectivity index (χ0) is 17.2. The number of carbonyl (C=O) groups excluding carboxylic acids is 1. The Hall–Kier alpha value is -2.90. The molecule has 0 aliphatic heterocycles. The molecule has 3 aromatic rings. The van der Waals surface area contributed by atoms with Crippen LogP contribution in [0.3, 0.4) is 0 Å². The Morgan fingerprint density at radius 3 is 2.80 bits per heavy atom. The standard InChI is InChI=1S/C17H20N6O2/c18-16-15(21-25-22-16)17-20-12-8-4-5-9-13(12)23(17)10-14(24)19-11-6-2-1-3-7-11/h4-5,8-9,11H,1-3,6-7,10H2,(H2,18,22)(H,19,24). The number of imidazole rings is 1. The molecule has 3 N–H and O–H groups in total. The Labute approximate surface area is 144 Å². The number of para-hydroxylation sites is 2. The molecule has 2 aromatic heterocycles. The highest BCUT2D eigenvalue weighted by molar-refractivity contribution is 5.85. The molecule has 0 bridgehead atoms. The van der Waals surface area contributed by atoms with Crippen LogP contribution in [0.2, 0.25) is 0 Å². The second-order valence-corrected chi connectivity index (χ2v) is 6.41. The number of aromatic nitrogens is 4. The summed E-state index contributed by atoms with van der Waals surface area (Å²) < 4.78 is 6.51. The number of carbonyl (C=O) groups is 1. The van der Waals surface area contributed by atoms with Gasteiger partial charge >= 0.3 is 0 Å². The molecule has 0 spiro atoms. The number of nitrogens with one attached hydrogen (secondary N) is 1. The molecule has 0 unspecified atom stereocenters. The third-order valence-electron chi connectivity index (χ3n) is 4.65. The fourth-order valence-corrected chi connectivity index (χ4v) is 3.43. The highest BCUT2D eigenvalue weighted by Gasteiger charge is 2.22. The van der Waals surface area contributed by atoms with Gasteiger partial charge in [0.25, 0.3) is 0 Å². The summed E-state index contributed by atoms with van der Waals surface area (Å²) >= 11 is 0. The second kappa shape index (κ2) is 6.54. The summed E-state index contributed by atoms with van der Waals surface area (Å²) in [6.07, 6.45) is 5.69. The summed E-state index contributed by atoms with van der Waals surface area (Å²) in [6.45, 7) is 0.151. The smallest absolute Gasteiger partial charge is 0.240 e. The van der Waals surface area contributed by atoms with Gasteiger partial charge in [-0.05, 0) is 35.3 Å². The lowest BCUT2D eigenvalue weighted by atomic mass is 9.95. The van der Waals surface area contributed by atoms with Crippen LogP contribution in [0, 0.1) is 0 Å². The molecule has 1 saturated carbocycles.